The van der Waals surface area contributed by atoms with E-state index in [2.05, 4.69) is 5.32 Å². The number of hydrogen-bond acceptors (Lipinski definition) is 2. The van der Waals surface area contributed by atoms with E-state index >= 15 is 0 Å². The molecular weight excluding hydrogens is 331 g/mol. The van der Waals surface area contributed by atoms with Crippen LogP contribution in [0.25, 0.3) is 0 Å². The van der Waals surface area contributed by atoms with E-state index in [1.807, 2.05) is 0 Å². The van der Waals surface area contributed by atoms with Crippen LogP contribution in [0.1, 0.15) is 12.5 Å². The lowest BCUT2D eigenvalue weighted by Crippen LogP contribution is -2.40. The largest absolute Gasteiger partial charge is 0.354 e. The van der Waals surface area contributed by atoms with Crippen LogP contribution in [0.15, 0.2) is 48.5 Å². The van der Waals surface area contributed by atoms with E-state index in [-0.39, 0.29) is 24.2 Å². The lowest BCUT2D eigenvalue weighted by molar-refractivity contribution is -0.123. The van der Waals surface area contributed by atoms with E-state index < -0.39 is 0 Å². The van der Waals surface area contributed by atoms with Crippen molar-refractivity contribution in [2.45, 2.75) is 13.3 Å². The summed E-state index contributed by atoms with van der Waals surface area (Å²) in [5.41, 5.74) is 1.54. The zero-order valence-electron chi connectivity index (χ0n) is 13.3. The van der Waals surface area contributed by atoms with Crippen molar-refractivity contribution in [1.29, 1.82) is 0 Å². The second-order valence-corrected chi connectivity index (χ2v) is 5.74. The zero-order chi connectivity index (χ0) is 17.5. The van der Waals surface area contributed by atoms with Gasteiger partial charge in [0.15, 0.2) is 0 Å². The molecule has 0 radical (unpaired) electrons. The van der Waals surface area contributed by atoms with Gasteiger partial charge in [0, 0.05) is 24.2 Å². The molecular formula is C18H18ClFN2O2. The van der Waals surface area contributed by atoms with Crippen LogP contribution in [0.5, 0.6) is 0 Å². The minimum atomic E-state index is -0.289. The van der Waals surface area contributed by atoms with E-state index in [1.165, 1.54) is 24.0 Å². The molecule has 24 heavy (non-hydrogen) atoms. The van der Waals surface area contributed by atoms with E-state index in [9.17, 15) is 14.0 Å². The van der Waals surface area contributed by atoms with Crippen LogP contribution in [-0.4, -0.2) is 24.9 Å². The Morgan fingerprint density at radius 2 is 1.71 bits per heavy atom. The predicted molar refractivity (Wildman–Crippen MR) is 92.6 cm³/mol. The summed E-state index contributed by atoms with van der Waals surface area (Å²) in [6.07, 6.45) is 0.590. The second kappa shape index (κ2) is 8.45. The number of nitrogens with one attached hydrogen (secondary N) is 1. The van der Waals surface area contributed by atoms with Gasteiger partial charge in [-0.05, 0) is 48.4 Å². The average molecular weight is 349 g/mol. The van der Waals surface area contributed by atoms with E-state index in [0.717, 1.165) is 5.56 Å². The summed E-state index contributed by atoms with van der Waals surface area (Å²) in [6.45, 7) is 1.75. The predicted octanol–water partition coefficient (Wildman–Crippen LogP) is 3.19. The van der Waals surface area contributed by atoms with Crippen molar-refractivity contribution >= 4 is 29.1 Å². The van der Waals surface area contributed by atoms with Crippen molar-refractivity contribution in [1.82, 2.24) is 5.32 Å². The molecule has 0 aliphatic carbocycles. The van der Waals surface area contributed by atoms with Gasteiger partial charge in [0.25, 0.3) is 0 Å². The second-order valence-electron chi connectivity index (χ2n) is 5.31. The maximum Gasteiger partial charge on any atom is 0.240 e. The molecule has 0 bridgehead atoms. The normalized spacial score (nSPS) is 10.3. The van der Waals surface area contributed by atoms with Gasteiger partial charge in [-0.3, -0.25) is 9.59 Å². The molecule has 6 heteroatoms. The summed E-state index contributed by atoms with van der Waals surface area (Å²) in [5, 5.41) is 3.32. The third kappa shape index (κ3) is 5.35. The molecule has 0 atom stereocenters. The molecule has 2 aromatic carbocycles. The highest BCUT2D eigenvalue weighted by molar-refractivity contribution is 6.30. The lowest BCUT2D eigenvalue weighted by atomic mass is 10.1. The standard InChI is InChI=1S/C18H18ClFN2O2/c1-13(23)22(17-8-4-15(19)5-9-17)12-18(24)21-11-10-14-2-6-16(20)7-3-14/h2-9H,10-12H2,1H3,(H,21,24). The number of nitrogens with zero attached hydrogens (tertiary/aromatic N) is 1. The maximum absolute atomic E-state index is 12.8. The number of amides is 2. The number of rotatable bonds is 6. The Balaban J connectivity index is 1.87. The van der Waals surface area contributed by atoms with Gasteiger partial charge in [0.1, 0.15) is 12.4 Å². The Labute approximate surface area is 145 Å². The van der Waals surface area contributed by atoms with Crippen LogP contribution in [-0.2, 0) is 16.0 Å². The fourth-order valence-electron chi connectivity index (χ4n) is 2.20. The van der Waals surface area contributed by atoms with E-state index in [0.29, 0.717) is 23.7 Å². The van der Waals surface area contributed by atoms with Gasteiger partial charge in [0.2, 0.25) is 11.8 Å². The van der Waals surface area contributed by atoms with Crippen LogP contribution >= 0.6 is 11.6 Å². The van der Waals surface area contributed by atoms with Gasteiger partial charge < -0.3 is 10.2 Å². The molecule has 2 aromatic rings. The van der Waals surface area contributed by atoms with Crippen molar-refractivity contribution in [3.05, 3.63) is 64.9 Å². The van der Waals surface area contributed by atoms with Crippen LogP contribution < -0.4 is 10.2 Å². The molecule has 0 aromatic heterocycles. The molecule has 4 nitrogen and oxygen atoms in total. The molecule has 0 fully saturated rings. The molecule has 0 aliphatic heterocycles. The minimum absolute atomic E-state index is 0.0691. The van der Waals surface area contributed by atoms with Gasteiger partial charge in [0.05, 0.1) is 0 Å². The molecule has 0 saturated carbocycles. The van der Waals surface area contributed by atoms with Crippen molar-refractivity contribution in [2.24, 2.45) is 0 Å². The number of anilines is 1. The Hall–Kier alpha value is -2.40. The first kappa shape index (κ1) is 17.9. The highest BCUT2D eigenvalue weighted by Gasteiger charge is 2.15. The average Bonchev–Trinajstić information content (AvgIpc) is 2.55. The topological polar surface area (TPSA) is 49.4 Å². The first-order valence-electron chi connectivity index (χ1n) is 7.50. The number of carbonyl (C=O) groups excluding carboxylic acids is 2. The van der Waals surface area contributed by atoms with Crippen molar-refractivity contribution < 1.29 is 14.0 Å². The van der Waals surface area contributed by atoms with Gasteiger partial charge in [-0.15, -0.1) is 0 Å². The van der Waals surface area contributed by atoms with Gasteiger partial charge in [-0.1, -0.05) is 23.7 Å². The summed E-state index contributed by atoms with van der Waals surface area (Å²) in [4.78, 5) is 25.2. The first-order valence-corrected chi connectivity index (χ1v) is 7.88. The molecule has 1 N–H and O–H groups in total. The third-order valence-corrected chi connectivity index (χ3v) is 3.72. The molecule has 2 rings (SSSR count). The Kier molecular flexibility index (Phi) is 6.32. The highest BCUT2D eigenvalue weighted by atomic mass is 35.5. The molecule has 0 heterocycles. The van der Waals surface area contributed by atoms with Crippen molar-refractivity contribution in [3.63, 3.8) is 0 Å². The third-order valence-electron chi connectivity index (χ3n) is 3.47. The molecule has 0 unspecified atom stereocenters. The van der Waals surface area contributed by atoms with Gasteiger partial charge in [-0.2, -0.15) is 0 Å². The van der Waals surface area contributed by atoms with Gasteiger partial charge >= 0.3 is 0 Å². The smallest absolute Gasteiger partial charge is 0.240 e. The number of carbonyl (C=O) groups is 2. The van der Waals surface area contributed by atoms with Gasteiger partial charge in [-0.25, -0.2) is 4.39 Å². The molecule has 0 aliphatic rings. The quantitative estimate of drug-likeness (QED) is 0.871. The van der Waals surface area contributed by atoms with Crippen molar-refractivity contribution in [2.75, 3.05) is 18.0 Å². The summed E-state index contributed by atoms with van der Waals surface area (Å²) in [5.74, 6) is -0.781. The molecule has 0 spiro atoms. The monoisotopic (exact) mass is 348 g/mol. The Morgan fingerprint density at radius 1 is 1.08 bits per heavy atom. The summed E-state index contributed by atoms with van der Waals surface area (Å²) < 4.78 is 12.8. The van der Waals surface area contributed by atoms with Crippen molar-refractivity contribution in [3.8, 4) is 0 Å². The minimum Gasteiger partial charge on any atom is -0.354 e. The first-order chi connectivity index (χ1) is 11.5. The Morgan fingerprint density at radius 3 is 2.29 bits per heavy atom. The lowest BCUT2D eigenvalue weighted by Gasteiger charge is -2.20. The molecule has 126 valence electrons. The SMILES string of the molecule is CC(=O)N(CC(=O)NCCc1ccc(F)cc1)c1ccc(Cl)cc1. The van der Waals surface area contributed by atoms with E-state index in [1.54, 1.807) is 36.4 Å². The summed E-state index contributed by atoms with van der Waals surface area (Å²) >= 11 is 5.83. The van der Waals surface area contributed by atoms with E-state index in [4.69, 9.17) is 11.6 Å². The number of hydrogen-bond donors (Lipinski definition) is 1. The zero-order valence-corrected chi connectivity index (χ0v) is 14.0. The fourth-order valence-corrected chi connectivity index (χ4v) is 2.33. The van der Waals surface area contributed by atoms with Crippen LogP contribution in [0.3, 0.4) is 0 Å². The molecule has 0 saturated heterocycles. The number of halogens is 2. The van der Waals surface area contributed by atoms with Crippen LogP contribution in [0, 0.1) is 5.82 Å². The van der Waals surface area contributed by atoms with Crippen LogP contribution in [0.2, 0.25) is 5.02 Å². The highest BCUT2D eigenvalue weighted by Crippen LogP contribution is 2.18. The summed E-state index contributed by atoms with van der Waals surface area (Å²) in [7, 11) is 0. The number of benzene rings is 2. The maximum atomic E-state index is 12.8. The summed E-state index contributed by atoms with van der Waals surface area (Å²) in [6, 6.07) is 12.8. The van der Waals surface area contributed by atoms with Crippen LogP contribution in [0.4, 0.5) is 10.1 Å². The fraction of sp³-hybridized carbons (Fsp3) is 0.222. The Bertz CT molecular complexity index is 702. The molecule has 2 amide bonds.